The molecule has 2 heterocycles. The number of anilines is 2. The van der Waals surface area contributed by atoms with Crippen molar-refractivity contribution in [3.05, 3.63) is 141 Å². The van der Waals surface area contributed by atoms with Gasteiger partial charge in [0.15, 0.2) is 11.6 Å². The minimum absolute atomic E-state index is 0.210. The number of allylic oxidation sites excluding steroid dienone is 4. The van der Waals surface area contributed by atoms with Gasteiger partial charge < -0.3 is 20.0 Å². The minimum Gasteiger partial charge on any atom is -0.871 e. The minimum atomic E-state index is -0.210. The molecule has 4 aromatic carbocycles. The fourth-order valence-electron chi connectivity index (χ4n) is 6.88. The van der Waals surface area contributed by atoms with Gasteiger partial charge >= 0.3 is 0 Å². The normalized spacial score (nSPS) is 19.6. The topological polar surface area (TPSA) is 86.7 Å². The molecule has 0 saturated heterocycles. The third kappa shape index (κ3) is 5.20. The highest BCUT2D eigenvalue weighted by atomic mass is 32.2. The van der Waals surface area contributed by atoms with Gasteiger partial charge in [-0.05, 0) is 59.4 Å². The fraction of sp³-hybridized carbons (Fsp3) is 0.190. The van der Waals surface area contributed by atoms with E-state index < -0.39 is 0 Å². The van der Waals surface area contributed by atoms with Crippen LogP contribution in [-0.2, 0) is 9.59 Å². The predicted molar refractivity (Wildman–Crippen MR) is 199 cm³/mol. The lowest BCUT2D eigenvalue weighted by Gasteiger charge is -2.34. The third-order valence-corrected chi connectivity index (χ3v) is 12.0. The summed E-state index contributed by atoms with van der Waals surface area (Å²) in [7, 11) is 0. The number of hydrogen-bond acceptors (Lipinski definition) is 8. The number of ketones is 2. The number of carbonyl (C=O) groups is 2. The molecule has 0 aromatic heterocycles. The Labute approximate surface area is 300 Å². The van der Waals surface area contributed by atoms with Crippen LogP contribution in [-0.4, -0.2) is 24.7 Å². The van der Waals surface area contributed by atoms with Gasteiger partial charge in [0.2, 0.25) is 0 Å². The molecule has 0 N–H and O–H groups in total. The first-order valence-corrected chi connectivity index (χ1v) is 18.8. The van der Waals surface area contributed by atoms with Crippen LogP contribution < -0.4 is 20.0 Å². The summed E-state index contributed by atoms with van der Waals surface area (Å²) < 4.78 is 0. The molecule has 0 atom stereocenters. The van der Waals surface area contributed by atoms with E-state index in [1.54, 1.807) is 0 Å². The second-order valence-electron chi connectivity index (χ2n) is 12.7. The van der Waals surface area contributed by atoms with Crippen molar-refractivity contribution in [3.63, 3.8) is 0 Å². The second kappa shape index (κ2) is 13.1. The van der Waals surface area contributed by atoms with Gasteiger partial charge in [-0.1, -0.05) is 135 Å². The smallest absolute Gasteiger partial charge is 0.195 e. The van der Waals surface area contributed by atoms with E-state index in [0.717, 1.165) is 81.1 Å². The second-order valence-corrected chi connectivity index (χ2v) is 14.8. The lowest BCUT2D eigenvalue weighted by atomic mass is 9.82. The average molecular weight is 695 g/mol. The van der Waals surface area contributed by atoms with Crippen LogP contribution in [0.25, 0.3) is 22.3 Å². The van der Waals surface area contributed by atoms with E-state index in [4.69, 9.17) is 0 Å². The maximum atomic E-state index is 13.5. The maximum absolute atomic E-state index is 13.5. The highest BCUT2D eigenvalue weighted by Gasteiger charge is 2.38. The lowest BCUT2D eigenvalue weighted by Crippen LogP contribution is -2.33. The van der Waals surface area contributed by atoms with Crippen molar-refractivity contribution in [2.45, 2.75) is 49.3 Å². The molecule has 6 nitrogen and oxygen atoms in total. The predicted octanol–water partition coefficient (Wildman–Crippen LogP) is 7.91. The van der Waals surface area contributed by atoms with Crippen LogP contribution in [0, 0.1) is 0 Å². The number of nitrogens with zero attached hydrogens (tertiary/aromatic N) is 2. The monoisotopic (exact) mass is 694 g/mol. The number of fused-ring (bicyclic) bond motifs is 2. The zero-order valence-corrected chi connectivity index (χ0v) is 29.5. The van der Waals surface area contributed by atoms with Crippen LogP contribution >= 0.6 is 23.5 Å². The zero-order chi connectivity index (χ0) is 34.5. The summed E-state index contributed by atoms with van der Waals surface area (Å²) in [6.45, 7) is 5.78. The lowest BCUT2D eigenvalue weighted by molar-refractivity contribution is -0.298. The SMILES string of the molecule is CCCCN1C(=C2C(=O)C(c3ccc(-c4ccc(C5=C([O-])C(=C6Sc7ccccc7N6CCCC)C5=O)cc4)cc3)=C2[O-])Sc2ccccc21. The van der Waals surface area contributed by atoms with Crippen molar-refractivity contribution in [1.82, 2.24) is 0 Å². The summed E-state index contributed by atoms with van der Waals surface area (Å²) in [5, 5.41) is 28.4. The average Bonchev–Trinajstić information content (AvgIpc) is 3.67. The molecule has 4 aliphatic rings. The molecule has 8 rings (SSSR count). The van der Waals surface area contributed by atoms with Crippen LogP contribution in [0.3, 0.4) is 0 Å². The number of Topliss-reactive ketones (excluding diaryl/α,β-unsaturated/α-hetero) is 2. The van der Waals surface area contributed by atoms with Gasteiger partial charge in [-0.3, -0.25) is 9.59 Å². The summed E-state index contributed by atoms with van der Waals surface area (Å²) in [5.41, 5.74) is 6.10. The van der Waals surface area contributed by atoms with Crippen molar-refractivity contribution >= 4 is 57.6 Å². The molecular formula is C42H34N2O4S2-2. The molecule has 50 heavy (non-hydrogen) atoms. The number of thioether (sulfide) groups is 2. The van der Waals surface area contributed by atoms with Gasteiger partial charge in [0, 0.05) is 45.2 Å². The van der Waals surface area contributed by atoms with Crippen LogP contribution in [0.1, 0.15) is 50.7 Å². The first-order valence-electron chi connectivity index (χ1n) is 17.1. The molecule has 0 unspecified atom stereocenters. The Bertz CT molecular complexity index is 2040. The van der Waals surface area contributed by atoms with Crippen LogP contribution in [0.5, 0.6) is 0 Å². The van der Waals surface area contributed by atoms with E-state index >= 15 is 0 Å². The summed E-state index contributed by atoms with van der Waals surface area (Å²) in [4.78, 5) is 33.3. The Morgan fingerprint density at radius 1 is 0.500 bits per heavy atom. The van der Waals surface area contributed by atoms with Crippen LogP contribution in [0.4, 0.5) is 11.4 Å². The van der Waals surface area contributed by atoms with E-state index in [0.29, 0.717) is 11.1 Å². The van der Waals surface area contributed by atoms with Gasteiger partial charge in [-0.15, -0.1) is 0 Å². The van der Waals surface area contributed by atoms with Crippen molar-refractivity contribution in [2.24, 2.45) is 0 Å². The number of unbranched alkanes of at least 4 members (excludes halogenated alkanes) is 2. The van der Waals surface area contributed by atoms with Crippen molar-refractivity contribution < 1.29 is 19.8 Å². The fourth-order valence-corrected chi connectivity index (χ4v) is 9.33. The Hall–Kier alpha value is -4.92. The van der Waals surface area contributed by atoms with Gasteiger partial charge in [0.1, 0.15) is 0 Å². The van der Waals surface area contributed by atoms with Crippen molar-refractivity contribution in [1.29, 1.82) is 0 Å². The molecule has 0 spiro atoms. The summed E-state index contributed by atoms with van der Waals surface area (Å²) in [5.74, 6) is -0.839. The van der Waals surface area contributed by atoms with E-state index in [2.05, 4.69) is 23.6 Å². The zero-order valence-electron chi connectivity index (χ0n) is 27.8. The highest BCUT2D eigenvalue weighted by Crippen LogP contribution is 2.52. The molecule has 4 aromatic rings. The number of benzene rings is 4. The van der Waals surface area contributed by atoms with Gasteiger partial charge in [0.05, 0.1) is 21.4 Å². The summed E-state index contributed by atoms with van der Waals surface area (Å²) >= 11 is 3.00. The van der Waals surface area contributed by atoms with Crippen LogP contribution in [0.2, 0.25) is 0 Å². The van der Waals surface area contributed by atoms with Crippen molar-refractivity contribution in [3.8, 4) is 11.1 Å². The quantitative estimate of drug-likeness (QED) is 0.164. The number of para-hydroxylation sites is 2. The Kier molecular flexibility index (Phi) is 8.45. The number of carbonyl (C=O) groups excluding carboxylic acids is 2. The molecule has 0 fully saturated rings. The first kappa shape index (κ1) is 32.3. The molecule has 0 radical (unpaired) electrons. The van der Waals surface area contributed by atoms with E-state index in [9.17, 15) is 19.8 Å². The summed E-state index contributed by atoms with van der Waals surface area (Å²) in [6, 6.07) is 30.9. The molecule has 250 valence electrons. The van der Waals surface area contributed by atoms with Gasteiger partial charge in [-0.2, -0.15) is 0 Å². The standard InChI is InChI=1S/C42H36N2O4S2/c1-3-5-23-43-29-11-7-9-13-31(29)49-41(43)35-37(45)33(38(35)46)27-19-15-25(16-20-27)26-17-21-28(22-18-26)34-39(47)36(40(34)48)42-44(24-6-4-2)30-12-8-10-14-32(30)50-42/h7-22,45,47H,3-6,23-24H2,1-2H3/p-2. The van der Waals surface area contributed by atoms with Crippen LogP contribution in [0.15, 0.2) is 140 Å². The molecule has 8 heteroatoms. The Balaban J connectivity index is 1.02. The maximum Gasteiger partial charge on any atom is 0.195 e. The largest absolute Gasteiger partial charge is 0.871 e. The molecular weight excluding hydrogens is 661 g/mol. The molecule has 0 saturated carbocycles. The number of hydrogen-bond donors (Lipinski definition) is 0. The third-order valence-electron chi connectivity index (χ3n) is 9.61. The molecule has 0 amide bonds. The number of rotatable bonds is 9. The van der Waals surface area contributed by atoms with Gasteiger partial charge in [0.25, 0.3) is 0 Å². The molecule has 2 aliphatic carbocycles. The first-order chi connectivity index (χ1) is 24.4. The Morgan fingerprint density at radius 2 is 0.860 bits per heavy atom. The Morgan fingerprint density at radius 3 is 1.22 bits per heavy atom. The van der Waals surface area contributed by atoms with E-state index in [1.807, 2.05) is 97.1 Å². The summed E-state index contributed by atoms with van der Waals surface area (Å²) in [6.07, 6.45) is 3.96. The molecule has 0 bridgehead atoms. The highest BCUT2D eigenvalue weighted by molar-refractivity contribution is 8.04. The molecule has 2 aliphatic heterocycles. The van der Waals surface area contributed by atoms with Gasteiger partial charge in [-0.25, -0.2) is 0 Å². The van der Waals surface area contributed by atoms with E-state index in [1.165, 1.54) is 23.5 Å². The van der Waals surface area contributed by atoms with E-state index in [-0.39, 0.29) is 45.4 Å². The van der Waals surface area contributed by atoms with Crippen molar-refractivity contribution in [2.75, 3.05) is 22.9 Å².